The van der Waals surface area contributed by atoms with E-state index in [2.05, 4.69) is 10.0 Å². The van der Waals surface area contributed by atoms with Crippen LogP contribution in [0, 0.1) is 5.82 Å². The number of fused-ring (bicyclic) bond motifs is 1. The average Bonchev–Trinajstić information content (AvgIpc) is 2.87. The second kappa shape index (κ2) is 8.26. The van der Waals surface area contributed by atoms with E-state index in [1.54, 1.807) is 24.3 Å². The number of ether oxygens (including phenoxy) is 1. The van der Waals surface area contributed by atoms with Crippen LogP contribution in [0.25, 0.3) is 0 Å². The van der Waals surface area contributed by atoms with Crippen molar-refractivity contribution in [1.82, 2.24) is 10.0 Å². The number of nitrogens with one attached hydrogen (secondary N) is 2. The highest BCUT2D eigenvalue weighted by atomic mass is 32.2. The molecule has 1 unspecified atom stereocenters. The van der Waals surface area contributed by atoms with Gasteiger partial charge in [-0.3, -0.25) is 0 Å². The van der Waals surface area contributed by atoms with Crippen LogP contribution >= 0.6 is 0 Å². The molecular weight excluding hydrogens is 355 g/mol. The molecule has 2 N–H and O–H groups in total. The van der Waals surface area contributed by atoms with E-state index in [9.17, 15) is 12.8 Å². The molecule has 0 amide bonds. The van der Waals surface area contributed by atoms with Gasteiger partial charge in [-0.1, -0.05) is 18.2 Å². The number of aryl methyl sites for hydroxylation is 1. The van der Waals surface area contributed by atoms with E-state index in [4.69, 9.17) is 4.74 Å². The molecule has 0 saturated heterocycles. The molecule has 1 aliphatic rings. The summed E-state index contributed by atoms with van der Waals surface area (Å²) in [5.41, 5.74) is 2.78. The highest BCUT2D eigenvalue weighted by Gasteiger charge is 2.20. The van der Waals surface area contributed by atoms with Crippen molar-refractivity contribution in [3.63, 3.8) is 0 Å². The maximum Gasteiger partial charge on any atom is 0.240 e. The number of rotatable bonds is 6. The van der Waals surface area contributed by atoms with Crippen LogP contribution in [0.3, 0.4) is 0 Å². The van der Waals surface area contributed by atoms with Crippen LogP contribution in [0.4, 0.5) is 4.39 Å². The molecule has 3 rings (SSSR count). The normalized spacial score (nSPS) is 15.9. The van der Waals surface area contributed by atoms with Gasteiger partial charge in [0.2, 0.25) is 10.0 Å². The first-order valence-corrected chi connectivity index (χ1v) is 10.1. The van der Waals surface area contributed by atoms with E-state index < -0.39 is 16.1 Å². The van der Waals surface area contributed by atoms with E-state index in [-0.39, 0.29) is 17.3 Å². The fourth-order valence-corrected chi connectivity index (χ4v) is 4.20. The Morgan fingerprint density at radius 3 is 2.85 bits per heavy atom. The molecule has 0 spiro atoms. The number of halogens is 1. The van der Waals surface area contributed by atoms with Crippen molar-refractivity contribution in [1.29, 1.82) is 0 Å². The summed E-state index contributed by atoms with van der Waals surface area (Å²) in [6.45, 7) is 1.72. The smallest absolute Gasteiger partial charge is 0.240 e. The Hall–Kier alpha value is -1.80. The summed E-state index contributed by atoms with van der Waals surface area (Å²) in [6.07, 6.45) is 1.27. The Kier molecular flexibility index (Phi) is 6.03. The second-order valence-electron chi connectivity index (χ2n) is 6.34. The molecule has 140 valence electrons. The molecule has 0 radical (unpaired) electrons. The Bertz CT molecular complexity index is 871. The quantitative estimate of drug-likeness (QED) is 0.811. The molecule has 2 aromatic carbocycles. The van der Waals surface area contributed by atoms with Gasteiger partial charge in [0.25, 0.3) is 0 Å². The largest absolute Gasteiger partial charge is 0.375 e. The van der Waals surface area contributed by atoms with Crippen molar-refractivity contribution < 1.29 is 17.5 Å². The van der Waals surface area contributed by atoms with Gasteiger partial charge in [0.15, 0.2) is 0 Å². The van der Waals surface area contributed by atoms with E-state index in [1.807, 2.05) is 6.07 Å². The fourth-order valence-electron chi connectivity index (χ4n) is 3.11. The third-order valence-corrected chi connectivity index (χ3v) is 5.99. The molecule has 2 aromatic rings. The maximum absolute atomic E-state index is 13.4. The molecule has 26 heavy (non-hydrogen) atoms. The minimum absolute atomic E-state index is 0.0287. The average molecular weight is 378 g/mol. The zero-order valence-electron chi connectivity index (χ0n) is 14.7. The van der Waals surface area contributed by atoms with E-state index in [0.29, 0.717) is 5.56 Å². The summed E-state index contributed by atoms with van der Waals surface area (Å²) in [7, 11) is -2.20. The van der Waals surface area contributed by atoms with Crippen LogP contribution < -0.4 is 10.0 Å². The summed E-state index contributed by atoms with van der Waals surface area (Å²) in [5.74, 6) is -0.383. The second-order valence-corrected chi connectivity index (χ2v) is 8.11. The van der Waals surface area contributed by atoms with Crippen molar-refractivity contribution in [3.05, 3.63) is 65.0 Å². The van der Waals surface area contributed by atoms with Gasteiger partial charge in [0.1, 0.15) is 5.82 Å². The summed E-state index contributed by atoms with van der Waals surface area (Å²) < 4.78 is 46.6. The van der Waals surface area contributed by atoms with Gasteiger partial charge in [0, 0.05) is 20.2 Å². The summed E-state index contributed by atoms with van der Waals surface area (Å²) in [5, 5.41) is 3.32. The third kappa shape index (κ3) is 4.48. The van der Waals surface area contributed by atoms with E-state index in [0.717, 1.165) is 37.1 Å². The summed E-state index contributed by atoms with van der Waals surface area (Å²) >= 11 is 0. The lowest BCUT2D eigenvalue weighted by atomic mass is 10.0. The monoisotopic (exact) mass is 378 g/mol. The van der Waals surface area contributed by atoms with Crippen molar-refractivity contribution in [2.45, 2.75) is 30.4 Å². The molecule has 0 aliphatic carbocycles. The zero-order valence-corrected chi connectivity index (χ0v) is 15.5. The van der Waals surface area contributed by atoms with Crippen molar-refractivity contribution >= 4 is 10.0 Å². The van der Waals surface area contributed by atoms with Crippen molar-refractivity contribution in [3.8, 4) is 0 Å². The van der Waals surface area contributed by atoms with Crippen LogP contribution in [0.5, 0.6) is 0 Å². The lowest BCUT2D eigenvalue weighted by Crippen LogP contribution is -2.29. The number of methoxy groups -OCH3 is 1. The molecule has 5 nitrogen and oxygen atoms in total. The molecule has 7 heteroatoms. The third-order valence-electron chi connectivity index (χ3n) is 4.57. The lowest BCUT2D eigenvalue weighted by Gasteiger charge is -2.17. The van der Waals surface area contributed by atoms with Gasteiger partial charge in [-0.15, -0.1) is 0 Å². The number of benzene rings is 2. The first-order valence-electron chi connectivity index (χ1n) is 8.60. The molecule has 1 heterocycles. The highest BCUT2D eigenvalue weighted by molar-refractivity contribution is 7.89. The van der Waals surface area contributed by atoms with Gasteiger partial charge in [0.05, 0.1) is 11.0 Å². The summed E-state index contributed by atoms with van der Waals surface area (Å²) in [4.78, 5) is 0.243. The first kappa shape index (κ1) is 19.0. The van der Waals surface area contributed by atoms with E-state index in [1.165, 1.54) is 19.2 Å². The van der Waals surface area contributed by atoms with Crippen molar-refractivity contribution in [2.75, 3.05) is 20.2 Å². The number of hydrogen-bond acceptors (Lipinski definition) is 4. The van der Waals surface area contributed by atoms with E-state index >= 15 is 0 Å². The van der Waals surface area contributed by atoms with Crippen LogP contribution in [-0.2, 0) is 27.7 Å². The Labute approximate surface area is 153 Å². The van der Waals surface area contributed by atoms with Crippen LogP contribution in [-0.4, -0.2) is 28.6 Å². The molecule has 0 fully saturated rings. The van der Waals surface area contributed by atoms with Gasteiger partial charge in [-0.05, 0) is 60.3 Å². The molecule has 0 bridgehead atoms. The summed E-state index contributed by atoms with van der Waals surface area (Å²) in [6, 6.07) is 11.2. The Balaban J connectivity index is 1.75. The minimum atomic E-state index is -3.67. The number of sulfonamides is 1. The van der Waals surface area contributed by atoms with Crippen LogP contribution in [0.2, 0.25) is 0 Å². The molecule has 1 atom stereocenters. The topological polar surface area (TPSA) is 67.4 Å². The predicted octanol–water partition coefficient (Wildman–Crippen LogP) is 2.53. The number of hydrogen-bond donors (Lipinski definition) is 2. The minimum Gasteiger partial charge on any atom is -0.375 e. The molecule has 0 aromatic heterocycles. The highest BCUT2D eigenvalue weighted by Crippen LogP contribution is 2.21. The van der Waals surface area contributed by atoms with Crippen LogP contribution in [0.15, 0.2) is 47.4 Å². The van der Waals surface area contributed by atoms with Gasteiger partial charge >= 0.3 is 0 Å². The fraction of sp³-hybridized carbons (Fsp3) is 0.368. The Morgan fingerprint density at radius 1 is 1.23 bits per heavy atom. The van der Waals surface area contributed by atoms with Gasteiger partial charge in [-0.2, -0.15) is 0 Å². The molecule has 1 aliphatic heterocycles. The zero-order chi connectivity index (χ0) is 18.6. The Morgan fingerprint density at radius 2 is 2.08 bits per heavy atom. The standard InChI is InChI=1S/C19H23FN2O3S/c1-25-19(15-4-2-6-17(20)10-15)13-22-26(23,24)18-8-7-16-12-21-9-3-5-14(16)11-18/h2,4,6-8,10-11,19,21-22H,3,5,9,12-13H2,1H3. The lowest BCUT2D eigenvalue weighted by molar-refractivity contribution is 0.107. The van der Waals surface area contributed by atoms with Crippen molar-refractivity contribution in [2.24, 2.45) is 0 Å². The van der Waals surface area contributed by atoms with Gasteiger partial charge < -0.3 is 10.1 Å². The molecular formula is C19H23FN2O3S. The predicted molar refractivity (Wildman–Crippen MR) is 97.8 cm³/mol. The molecule has 0 saturated carbocycles. The SMILES string of the molecule is COC(CNS(=O)(=O)c1ccc2c(c1)CCCNC2)c1cccc(F)c1. The van der Waals surface area contributed by atoms with Gasteiger partial charge in [-0.25, -0.2) is 17.5 Å². The first-order chi connectivity index (χ1) is 12.5. The maximum atomic E-state index is 13.4. The van der Waals surface area contributed by atoms with Crippen LogP contribution in [0.1, 0.15) is 29.2 Å².